The van der Waals surface area contributed by atoms with Crippen molar-refractivity contribution in [1.29, 1.82) is 0 Å². The third-order valence-corrected chi connectivity index (χ3v) is 4.67. The molecule has 0 atom stereocenters. The number of aliphatic hydroxyl groups is 1. The normalized spacial score (nSPS) is 18.0. The van der Waals surface area contributed by atoms with Crippen molar-refractivity contribution in [2.75, 3.05) is 0 Å². The van der Waals surface area contributed by atoms with E-state index in [1.807, 2.05) is 12.1 Å². The predicted octanol–water partition coefficient (Wildman–Crippen LogP) is 3.79. The second-order valence-corrected chi connectivity index (χ2v) is 8.29. The predicted molar refractivity (Wildman–Crippen MR) is 106 cm³/mol. The Balaban J connectivity index is 1.90. The van der Waals surface area contributed by atoms with E-state index in [-0.39, 0.29) is 23.4 Å². The molecule has 0 saturated carbocycles. The van der Waals surface area contributed by atoms with Crippen LogP contribution in [0.1, 0.15) is 50.9 Å². The SMILES string of the molecule is CC1(C)C=C(c2ncccc2COc2cccc(O)c2CO)CC(C)(C)N1. The van der Waals surface area contributed by atoms with Gasteiger partial charge in [0.25, 0.3) is 0 Å². The van der Waals surface area contributed by atoms with Crippen LogP contribution in [0.5, 0.6) is 11.5 Å². The molecule has 0 spiro atoms. The van der Waals surface area contributed by atoms with E-state index in [0.717, 1.165) is 17.7 Å². The molecule has 1 aromatic carbocycles. The zero-order chi connectivity index (χ0) is 19.7. The van der Waals surface area contributed by atoms with Gasteiger partial charge in [-0.15, -0.1) is 0 Å². The van der Waals surface area contributed by atoms with Gasteiger partial charge in [0.2, 0.25) is 0 Å². The lowest BCUT2D eigenvalue weighted by molar-refractivity contribution is 0.252. The first-order valence-electron chi connectivity index (χ1n) is 9.21. The molecule has 27 heavy (non-hydrogen) atoms. The Bertz CT molecular complexity index is 856. The van der Waals surface area contributed by atoms with Crippen molar-refractivity contribution in [3.8, 4) is 11.5 Å². The first-order valence-corrected chi connectivity index (χ1v) is 9.21. The molecule has 0 radical (unpaired) electrons. The molecular weight excluding hydrogens is 340 g/mol. The molecule has 0 amide bonds. The van der Waals surface area contributed by atoms with Crippen LogP contribution in [0.3, 0.4) is 0 Å². The number of nitrogens with one attached hydrogen (secondary N) is 1. The van der Waals surface area contributed by atoms with Crippen LogP contribution >= 0.6 is 0 Å². The summed E-state index contributed by atoms with van der Waals surface area (Å²) in [6.07, 6.45) is 4.90. The number of aliphatic hydroxyl groups excluding tert-OH is 1. The summed E-state index contributed by atoms with van der Waals surface area (Å²) in [4.78, 5) is 4.63. The molecule has 0 unspecified atom stereocenters. The fourth-order valence-corrected chi connectivity index (χ4v) is 3.92. The minimum atomic E-state index is -0.277. The van der Waals surface area contributed by atoms with Gasteiger partial charge in [0.1, 0.15) is 18.1 Å². The molecule has 144 valence electrons. The van der Waals surface area contributed by atoms with Gasteiger partial charge in [-0.3, -0.25) is 4.98 Å². The Hall–Kier alpha value is -2.37. The van der Waals surface area contributed by atoms with Crippen molar-refractivity contribution < 1.29 is 14.9 Å². The number of benzene rings is 1. The highest BCUT2D eigenvalue weighted by Gasteiger charge is 2.33. The number of aromatic hydroxyl groups is 1. The monoisotopic (exact) mass is 368 g/mol. The van der Waals surface area contributed by atoms with Gasteiger partial charge in [0.05, 0.1) is 17.9 Å². The number of ether oxygens (including phenoxy) is 1. The van der Waals surface area contributed by atoms with Crippen LogP contribution in [0.2, 0.25) is 0 Å². The van der Waals surface area contributed by atoms with E-state index in [0.29, 0.717) is 17.9 Å². The maximum Gasteiger partial charge on any atom is 0.129 e. The minimum absolute atomic E-state index is 0.0293. The number of hydrogen-bond acceptors (Lipinski definition) is 5. The highest BCUT2D eigenvalue weighted by Crippen LogP contribution is 2.34. The van der Waals surface area contributed by atoms with Crippen LogP contribution in [-0.2, 0) is 13.2 Å². The quantitative estimate of drug-likeness (QED) is 0.749. The number of pyridine rings is 1. The molecule has 0 bridgehead atoms. The highest BCUT2D eigenvalue weighted by molar-refractivity contribution is 5.68. The van der Waals surface area contributed by atoms with E-state index in [1.54, 1.807) is 18.3 Å². The number of rotatable bonds is 5. The number of hydrogen-bond donors (Lipinski definition) is 3. The molecule has 5 heteroatoms. The van der Waals surface area contributed by atoms with Crippen molar-refractivity contribution in [2.24, 2.45) is 0 Å². The summed E-state index contributed by atoms with van der Waals surface area (Å²) >= 11 is 0. The summed E-state index contributed by atoms with van der Waals surface area (Å²) < 4.78 is 5.93. The van der Waals surface area contributed by atoms with Crippen LogP contribution in [0, 0.1) is 0 Å². The molecule has 1 aliphatic heterocycles. The molecule has 3 N–H and O–H groups in total. The minimum Gasteiger partial charge on any atom is -0.507 e. The van der Waals surface area contributed by atoms with Crippen molar-refractivity contribution >= 4 is 5.57 Å². The average molecular weight is 368 g/mol. The lowest BCUT2D eigenvalue weighted by Gasteiger charge is -2.41. The van der Waals surface area contributed by atoms with E-state index < -0.39 is 0 Å². The fourth-order valence-electron chi connectivity index (χ4n) is 3.92. The fraction of sp³-hybridized carbons (Fsp3) is 0.409. The summed E-state index contributed by atoms with van der Waals surface area (Å²) in [6, 6.07) is 8.89. The Morgan fingerprint density at radius 1 is 1.15 bits per heavy atom. The van der Waals surface area contributed by atoms with Gasteiger partial charge >= 0.3 is 0 Å². The molecule has 3 rings (SSSR count). The number of phenols is 1. The second kappa shape index (κ2) is 7.33. The Morgan fingerprint density at radius 3 is 2.63 bits per heavy atom. The Kier molecular flexibility index (Phi) is 5.27. The molecule has 2 heterocycles. The van der Waals surface area contributed by atoms with Gasteiger partial charge in [0.15, 0.2) is 0 Å². The van der Waals surface area contributed by atoms with E-state index in [9.17, 15) is 10.2 Å². The third-order valence-electron chi connectivity index (χ3n) is 4.67. The van der Waals surface area contributed by atoms with E-state index in [1.165, 1.54) is 11.6 Å². The van der Waals surface area contributed by atoms with Crippen LogP contribution in [0.4, 0.5) is 0 Å². The largest absolute Gasteiger partial charge is 0.507 e. The zero-order valence-electron chi connectivity index (χ0n) is 16.4. The standard InChI is InChI=1S/C22H28N2O3/c1-21(2)11-16(12-22(3,4)24-21)20-15(7-6-10-23-20)14-27-19-9-5-8-18(26)17(19)13-25/h5-11,24-26H,12-14H2,1-4H3. The topological polar surface area (TPSA) is 74.6 Å². The van der Waals surface area contributed by atoms with Gasteiger partial charge in [0, 0.05) is 22.8 Å². The first-order chi connectivity index (χ1) is 12.7. The van der Waals surface area contributed by atoms with Crippen LogP contribution < -0.4 is 10.1 Å². The van der Waals surface area contributed by atoms with Crippen LogP contribution in [-0.4, -0.2) is 26.3 Å². The third kappa shape index (κ3) is 4.49. The smallest absolute Gasteiger partial charge is 0.129 e. The van der Waals surface area contributed by atoms with Gasteiger partial charge in [-0.05, 0) is 57.9 Å². The van der Waals surface area contributed by atoms with Gasteiger partial charge < -0.3 is 20.3 Å². The number of nitrogens with zero attached hydrogens (tertiary/aromatic N) is 1. The van der Waals surface area contributed by atoms with Gasteiger partial charge in [-0.2, -0.15) is 0 Å². The maximum absolute atomic E-state index is 9.89. The highest BCUT2D eigenvalue weighted by atomic mass is 16.5. The van der Waals surface area contributed by atoms with Crippen molar-refractivity contribution in [3.63, 3.8) is 0 Å². The molecule has 5 nitrogen and oxygen atoms in total. The summed E-state index contributed by atoms with van der Waals surface area (Å²) in [7, 11) is 0. The lowest BCUT2D eigenvalue weighted by Crippen LogP contribution is -2.53. The van der Waals surface area contributed by atoms with Crippen LogP contribution in [0.15, 0.2) is 42.6 Å². The summed E-state index contributed by atoms with van der Waals surface area (Å²) in [5.41, 5.74) is 3.35. The summed E-state index contributed by atoms with van der Waals surface area (Å²) in [5.74, 6) is 0.512. The summed E-state index contributed by atoms with van der Waals surface area (Å²) in [5, 5.41) is 23.0. The maximum atomic E-state index is 9.89. The van der Waals surface area contributed by atoms with E-state index >= 15 is 0 Å². The van der Waals surface area contributed by atoms with Crippen molar-refractivity contribution in [2.45, 2.75) is 58.4 Å². The second-order valence-electron chi connectivity index (χ2n) is 8.29. The van der Waals surface area contributed by atoms with Crippen molar-refractivity contribution in [1.82, 2.24) is 10.3 Å². The first kappa shape index (κ1) is 19.4. The molecule has 0 aliphatic carbocycles. The molecule has 2 aromatic rings. The summed E-state index contributed by atoms with van der Waals surface area (Å²) in [6.45, 7) is 8.75. The lowest BCUT2D eigenvalue weighted by atomic mass is 9.81. The Labute approximate surface area is 160 Å². The van der Waals surface area contributed by atoms with E-state index in [4.69, 9.17) is 4.74 Å². The van der Waals surface area contributed by atoms with Gasteiger partial charge in [-0.1, -0.05) is 18.2 Å². The zero-order valence-corrected chi connectivity index (χ0v) is 16.4. The van der Waals surface area contributed by atoms with E-state index in [2.05, 4.69) is 44.1 Å². The number of aromatic nitrogens is 1. The van der Waals surface area contributed by atoms with Crippen LogP contribution in [0.25, 0.3) is 5.57 Å². The Morgan fingerprint density at radius 2 is 1.93 bits per heavy atom. The van der Waals surface area contributed by atoms with Gasteiger partial charge in [-0.25, -0.2) is 0 Å². The molecular formula is C22H28N2O3. The molecule has 1 aliphatic rings. The average Bonchev–Trinajstić information content (AvgIpc) is 2.57. The van der Waals surface area contributed by atoms with Crippen molar-refractivity contribution in [3.05, 3.63) is 59.4 Å². The molecule has 0 saturated heterocycles. The molecule has 0 fully saturated rings. The molecule has 1 aromatic heterocycles.